The van der Waals surface area contributed by atoms with Gasteiger partial charge in [-0.3, -0.25) is 4.79 Å². The second-order valence-electron chi connectivity index (χ2n) is 3.45. The summed E-state index contributed by atoms with van der Waals surface area (Å²) in [6, 6.07) is 6.64. The van der Waals surface area contributed by atoms with Gasteiger partial charge in [-0.15, -0.1) is 0 Å². The monoisotopic (exact) mass is 233 g/mol. The van der Waals surface area contributed by atoms with E-state index in [4.69, 9.17) is 5.11 Å². The third-order valence-electron chi connectivity index (χ3n) is 2.29. The quantitative estimate of drug-likeness (QED) is 0.831. The van der Waals surface area contributed by atoms with Gasteiger partial charge in [0.15, 0.2) is 0 Å². The Labute approximate surface area is 95.4 Å². The predicted octanol–water partition coefficient (Wildman–Crippen LogP) is 1.88. The molecule has 86 valence electrons. The molecule has 0 atom stereocenters. The van der Waals surface area contributed by atoms with Crippen molar-refractivity contribution >= 4 is 5.97 Å². The second-order valence-corrected chi connectivity index (χ2v) is 3.45. The first-order chi connectivity index (χ1) is 8.08. The summed E-state index contributed by atoms with van der Waals surface area (Å²) in [4.78, 5) is 24.6. The van der Waals surface area contributed by atoms with E-state index in [0.29, 0.717) is 5.56 Å². The van der Waals surface area contributed by atoms with E-state index in [1.807, 2.05) is 0 Å². The largest absolute Gasteiger partial charge is 0.478 e. The van der Waals surface area contributed by atoms with Crippen molar-refractivity contribution in [3.63, 3.8) is 0 Å². The number of carboxylic acid groups (broad SMARTS) is 1. The van der Waals surface area contributed by atoms with Crippen molar-refractivity contribution in [3.8, 4) is 11.1 Å². The number of carbonyl (C=O) groups is 1. The van der Waals surface area contributed by atoms with Crippen LogP contribution in [0.1, 0.15) is 10.4 Å². The number of hydrogen-bond donors (Lipinski definition) is 2. The number of hydrogen-bond acceptors (Lipinski definition) is 2. The number of carboxylic acids is 1. The van der Waals surface area contributed by atoms with Crippen molar-refractivity contribution in [2.75, 3.05) is 0 Å². The van der Waals surface area contributed by atoms with Crippen molar-refractivity contribution in [3.05, 3.63) is 58.3 Å². The van der Waals surface area contributed by atoms with Crippen molar-refractivity contribution in [1.29, 1.82) is 0 Å². The number of pyridine rings is 1. The third kappa shape index (κ3) is 2.23. The molecule has 1 heterocycles. The fraction of sp³-hybridized carbons (Fsp3) is 0. The number of halogens is 1. The van der Waals surface area contributed by atoms with Crippen LogP contribution in [0.2, 0.25) is 0 Å². The summed E-state index contributed by atoms with van der Waals surface area (Å²) in [5, 5.41) is 8.81. The van der Waals surface area contributed by atoms with Crippen LogP contribution < -0.4 is 5.56 Å². The van der Waals surface area contributed by atoms with E-state index >= 15 is 0 Å². The molecule has 0 saturated heterocycles. The first kappa shape index (κ1) is 11.1. The number of aromatic amines is 1. The molecule has 0 aliphatic rings. The average molecular weight is 233 g/mol. The van der Waals surface area contributed by atoms with Crippen LogP contribution in [0.3, 0.4) is 0 Å². The Hall–Kier alpha value is -2.43. The predicted molar refractivity (Wildman–Crippen MR) is 59.4 cm³/mol. The lowest BCUT2D eigenvalue weighted by Crippen LogP contribution is -2.11. The van der Waals surface area contributed by atoms with E-state index in [2.05, 4.69) is 4.98 Å². The van der Waals surface area contributed by atoms with Crippen LogP contribution in [-0.2, 0) is 0 Å². The lowest BCUT2D eigenvalue weighted by atomic mass is 10.1. The van der Waals surface area contributed by atoms with Crippen LogP contribution >= 0.6 is 0 Å². The zero-order valence-corrected chi connectivity index (χ0v) is 8.61. The van der Waals surface area contributed by atoms with Crippen molar-refractivity contribution in [2.24, 2.45) is 0 Å². The van der Waals surface area contributed by atoms with Crippen LogP contribution in [0.25, 0.3) is 11.1 Å². The molecule has 1 aromatic heterocycles. The summed E-state index contributed by atoms with van der Waals surface area (Å²) in [6.07, 6.45) is 1.10. The molecule has 4 nitrogen and oxygen atoms in total. The number of benzene rings is 1. The van der Waals surface area contributed by atoms with Crippen molar-refractivity contribution < 1.29 is 14.3 Å². The minimum atomic E-state index is -1.15. The molecule has 0 fully saturated rings. The maximum absolute atomic E-state index is 13.0. The summed E-state index contributed by atoms with van der Waals surface area (Å²) >= 11 is 0. The smallest absolute Gasteiger partial charge is 0.337 e. The molecule has 0 saturated carbocycles. The number of H-pyrrole nitrogens is 1. The molecule has 2 N–H and O–H groups in total. The Balaban J connectivity index is 2.62. The summed E-state index contributed by atoms with van der Waals surface area (Å²) in [6.45, 7) is 0. The van der Waals surface area contributed by atoms with E-state index in [1.165, 1.54) is 24.3 Å². The average Bonchev–Trinajstić information content (AvgIpc) is 2.29. The lowest BCUT2D eigenvalue weighted by molar-refractivity contribution is 0.0696. The molecule has 0 unspecified atom stereocenters. The molecule has 0 radical (unpaired) electrons. The molecule has 17 heavy (non-hydrogen) atoms. The number of rotatable bonds is 2. The number of aromatic nitrogens is 1. The molecule has 1 aromatic carbocycles. The second kappa shape index (κ2) is 4.21. The normalized spacial score (nSPS) is 10.2. The van der Waals surface area contributed by atoms with Crippen LogP contribution in [0.5, 0.6) is 0 Å². The topological polar surface area (TPSA) is 70.2 Å². The molecular formula is C12H8FNO3. The maximum atomic E-state index is 13.0. The fourth-order valence-corrected chi connectivity index (χ4v) is 1.48. The van der Waals surface area contributed by atoms with Gasteiger partial charge in [0.1, 0.15) is 5.82 Å². The summed E-state index contributed by atoms with van der Waals surface area (Å²) < 4.78 is 13.0. The zero-order valence-electron chi connectivity index (χ0n) is 8.61. The highest BCUT2D eigenvalue weighted by Gasteiger charge is 2.09. The van der Waals surface area contributed by atoms with Gasteiger partial charge < -0.3 is 10.1 Å². The van der Waals surface area contributed by atoms with E-state index < -0.39 is 17.3 Å². The first-order valence-corrected chi connectivity index (χ1v) is 4.80. The van der Waals surface area contributed by atoms with Gasteiger partial charge in [0.05, 0.1) is 5.56 Å². The fourth-order valence-electron chi connectivity index (χ4n) is 1.48. The van der Waals surface area contributed by atoms with E-state index in [-0.39, 0.29) is 11.1 Å². The van der Waals surface area contributed by atoms with Gasteiger partial charge in [0.2, 0.25) is 0 Å². The van der Waals surface area contributed by atoms with Crippen LogP contribution in [0.15, 0.2) is 41.3 Å². The standard InChI is InChI=1S/C12H8FNO3/c13-9-3-1-2-7(4-9)10-5-8(12(16)17)6-14-11(10)15/h1-6H,(H,14,15)(H,16,17). The SMILES string of the molecule is O=C(O)c1c[nH]c(=O)c(-c2cccc(F)c2)c1. The zero-order chi connectivity index (χ0) is 12.4. The summed E-state index contributed by atoms with van der Waals surface area (Å²) in [7, 11) is 0. The summed E-state index contributed by atoms with van der Waals surface area (Å²) in [5.41, 5.74) is -0.0387. The molecule has 0 aliphatic heterocycles. The minimum absolute atomic E-state index is 0.0520. The minimum Gasteiger partial charge on any atom is -0.478 e. The highest BCUT2D eigenvalue weighted by molar-refractivity contribution is 5.88. The molecule has 5 heteroatoms. The van der Waals surface area contributed by atoms with Crippen LogP contribution in [-0.4, -0.2) is 16.1 Å². The van der Waals surface area contributed by atoms with E-state index in [9.17, 15) is 14.0 Å². The third-order valence-corrected chi connectivity index (χ3v) is 2.29. The Morgan fingerprint density at radius 3 is 2.71 bits per heavy atom. The van der Waals surface area contributed by atoms with Gasteiger partial charge in [-0.25, -0.2) is 9.18 Å². The highest BCUT2D eigenvalue weighted by atomic mass is 19.1. The van der Waals surface area contributed by atoms with Gasteiger partial charge in [0.25, 0.3) is 5.56 Å². The van der Waals surface area contributed by atoms with E-state index in [0.717, 1.165) is 6.20 Å². The van der Waals surface area contributed by atoms with Crippen LogP contribution in [0.4, 0.5) is 4.39 Å². The van der Waals surface area contributed by atoms with Gasteiger partial charge in [-0.05, 0) is 23.8 Å². The molecule has 2 rings (SSSR count). The van der Waals surface area contributed by atoms with Gasteiger partial charge in [-0.1, -0.05) is 12.1 Å². The molecule has 0 spiro atoms. The molecule has 0 aliphatic carbocycles. The summed E-state index contributed by atoms with van der Waals surface area (Å²) in [5.74, 6) is -1.64. The molecule has 2 aromatic rings. The Morgan fingerprint density at radius 1 is 1.29 bits per heavy atom. The number of nitrogens with one attached hydrogen (secondary N) is 1. The van der Waals surface area contributed by atoms with Crippen LogP contribution in [0, 0.1) is 5.82 Å². The Kier molecular flexibility index (Phi) is 2.74. The Morgan fingerprint density at radius 2 is 2.06 bits per heavy atom. The van der Waals surface area contributed by atoms with Gasteiger partial charge in [-0.2, -0.15) is 0 Å². The molecule has 0 amide bonds. The molecule has 0 bridgehead atoms. The van der Waals surface area contributed by atoms with Gasteiger partial charge >= 0.3 is 5.97 Å². The van der Waals surface area contributed by atoms with E-state index in [1.54, 1.807) is 6.07 Å². The Bertz CT molecular complexity index is 634. The lowest BCUT2D eigenvalue weighted by Gasteiger charge is -2.02. The first-order valence-electron chi connectivity index (χ1n) is 4.80. The molecular weight excluding hydrogens is 225 g/mol. The van der Waals surface area contributed by atoms with Gasteiger partial charge in [0, 0.05) is 11.8 Å². The number of aromatic carboxylic acids is 1. The highest BCUT2D eigenvalue weighted by Crippen LogP contribution is 2.17. The maximum Gasteiger partial charge on any atom is 0.337 e. The van der Waals surface area contributed by atoms with Crippen molar-refractivity contribution in [2.45, 2.75) is 0 Å². The van der Waals surface area contributed by atoms with Crippen molar-refractivity contribution in [1.82, 2.24) is 4.98 Å².